The molecular weight excluding hydrogens is 336 g/mol. The van der Waals surface area contributed by atoms with Gasteiger partial charge >= 0.3 is 0 Å². The molecule has 1 aromatic rings. The summed E-state index contributed by atoms with van der Waals surface area (Å²) in [6, 6.07) is 10.2. The molecule has 2 atom stereocenters. The Morgan fingerprint density at radius 2 is 2.22 bits per heavy atom. The van der Waals surface area contributed by atoms with E-state index < -0.39 is 0 Å². The fourth-order valence-corrected chi connectivity index (χ4v) is 4.10. The molecule has 2 heterocycles. The van der Waals surface area contributed by atoms with Crippen LogP contribution in [0.4, 0.5) is 0 Å². The van der Waals surface area contributed by atoms with Crippen LogP contribution in [0.2, 0.25) is 0 Å². The lowest BCUT2D eigenvalue weighted by Gasteiger charge is -2.25. The zero-order valence-electron chi connectivity index (χ0n) is 15.9. The van der Waals surface area contributed by atoms with Gasteiger partial charge in [-0.3, -0.25) is 0 Å². The highest BCUT2D eigenvalue weighted by Gasteiger charge is 2.30. The van der Waals surface area contributed by atoms with Gasteiger partial charge in [0.05, 0.1) is 19.1 Å². The molecule has 0 amide bonds. The maximum Gasteiger partial charge on any atom is 0.119 e. The first kappa shape index (κ1) is 17.8. The van der Waals surface area contributed by atoms with Crippen LogP contribution < -0.4 is 10.5 Å². The van der Waals surface area contributed by atoms with Crippen molar-refractivity contribution in [3.8, 4) is 17.0 Å². The molecule has 2 unspecified atom stereocenters. The summed E-state index contributed by atoms with van der Waals surface area (Å²) in [5.74, 6) is 1.39. The molecule has 2 aliphatic heterocycles. The highest BCUT2D eigenvalue weighted by Crippen LogP contribution is 2.44. The second kappa shape index (κ2) is 7.57. The van der Waals surface area contributed by atoms with Crippen molar-refractivity contribution in [2.24, 2.45) is 5.73 Å². The lowest BCUT2D eigenvalue weighted by Crippen LogP contribution is -2.25. The van der Waals surface area contributed by atoms with Crippen LogP contribution in [0.25, 0.3) is 16.8 Å². The molecule has 2 N–H and O–H groups in total. The second-order valence-electron chi connectivity index (χ2n) is 7.23. The minimum atomic E-state index is -0.0333. The minimum absolute atomic E-state index is 0.0333. The van der Waals surface area contributed by atoms with Crippen molar-refractivity contribution >= 4 is 5.57 Å². The molecule has 4 nitrogen and oxygen atoms in total. The number of fused-ring (bicyclic) bond motifs is 3. The molecule has 0 radical (unpaired) electrons. The number of rotatable bonds is 6. The molecule has 0 aromatic heterocycles. The largest absolute Gasteiger partial charge is 0.497 e. The van der Waals surface area contributed by atoms with Crippen molar-refractivity contribution in [1.82, 2.24) is 4.98 Å². The van der Waals surface area contributed by atoms with Gasteiger partial charge in [0.15, 0.2) is 0 Å². The summed E-state index contributed by atoms with van der Waals surface area (Å²) in [4.78, 5) is 4.87. The van der Waals surface area contributed by atoms with Crippen molar-refractivity contribution in [1.29, 1.82) is 0 Å². The smallest absolute Gasteiger partial charge is 0.119 e. The van der Waals surface area contributed by atoms with Crippen LogP contribution in [0.1, 0.15) is 48.9 Å². The molecule has 27 heavy (non-hydrogen) atoms. The summed E-state index contributed by atoms with van der Waals surface area (Å²) < 4.78 is 10.7. The first-order valence-electron chi connectivity index (χ1n) is 9.66. The predicted octanol–water partition coefficient (Wildman–Crippen LogP) is 5.03. The predicted molar refractivity (Wildman–Crippen MR) is 108 cm³/mol. The third-order valence-electron chi connectivity index (χ3n) is 5.62. The number of allylic oxidation sites excluding steroid dienone is 1. The third kappa shape index (κ3) is 3.37. The molecule has 0 saturated heterocycles. The van der Waals surface area contributed by atoms with E-state index in [0.29, 0.717) is 5.92 Å². The Labute approximate surface area is 160 Å². The average molecular weight is 362 g/mol. The molecule has 3 aliphatic rings. The van der Waals surface area contributed by atoms with Gasteiger partial charge in [0.25, 0.3) is 0 Å². The van der Waals surface area contributed by atoms with Crippen LogP contribution in [0.15, 0.2) is 53.4 Å². The minimum Gasteiger partial charge on any atom is -0.497 e. The van der Waals surface area contributed by atoms with Gasteiger partial charge in [-0.2, -0.15) is 0 Å². The first-order chi connectivity index (χ1) is 13.2. The lowest BCUT2D eigenvalue weighted by atomic mass is 9.81. The highest BCUT2D eigenvalue weighted by molar-refractivity contribution is 5.81. The maximum absolute atomic E-state index is 6.63. The van der Waals surface area contributed by atoms with Crippen molar-refractivity contribution in [3.05, 3.63) is 65.8 Å². The van der Waals surface area contributed by atoms with Gasteiger partial charge in [0.2, 0.25) is 0 Å². The van der Waals surface area contributed by atoms with Crippen molar-refractivity contribution < 1.29 is 9.15 Å². The first-order valence-corrected chi connectivity index (χ1v) is 9.66. The third-order valence-corrected chi connectivity index (χ3v) is 5.62. The topological polar surface area (TPSA) is 61.3 Å². The molecule has 4 rings (SSSR count). The number of ether oxygens (including phenoxy) is 1. The Kier molecular flexibility index (Phi) is 4.99. The Morgan fingerprint density at radius 1 is 1.33 bits per heavy atom. The van der Waals surface area contributed by atoms with Gasteiger partial charge in [0, 0.05) is 11.6 Å². The highest BCUT2D eigenvalue weighted by atomic mass is 16.5. The van der Waals surface area contributed by atoms with E-state index in [2.05, 4.69) is 25.1 Å². The van der Waals surface area contributed by atoms with Crippen molar-refractivity contribution in [3.63, 3.8) is 0 Å². The van der Waals surface area contributed by atoms with Crippen LogP contribution in [0, 0.1) is 0 Å². The van der Waals surface area contributed by atoms with Crippen LogP contribution in [-0.4, -0.2) is 18.1 Å². The van der Waals surface area contributed by atoms with E-state index >= 15 is 0 Å². The zero-order valence-corrected chi connectivity index (χ0v) is 15.9. The number of benzene rings is 1. The van der Waals surface area contributed by atoms with Crippen LogP contribution in [0.3, 0.4) is 0 Å². The Hall–Kier alpha value is -2.59. The van der Waals surface area contributed by atoms with Gasteiger partial charge in [-0.1, -0.05) is 25.1 Å². The number of nitrogens with two attached hydrogens (primary N) is 1. The summed E-state index contributed by atoms with van der Waals surface area (Å²) in [5, 5.41) is 0. The average Bonchev–Trinajstić information content (AvgIpc) is 3.11. The Balaban J connectivity index is 1.59. The van der Waals surface area contributed by atoms with Gasteiger partial charge in [-0.05, 0) is 66.5 Å². The van der Waals surface area contributed by atoms with E-state index in [4.69, 9.17) is 19.9 Å². The van der Waals surface area contributed by atoms with Crippen LogP contribution in [-0.2, 0) is 6.42 Å². The number of hydrogen-bond donors (Lipinski definition) is 1. The summed E-state index contributed by atoms with van der Waals surface area (Å²) in [6.07, 6.45) is 9.69. The van der Waals surface area contributed by atoms with E-state index in [-0.39, 0.29) is 6.04 Å². The van der Waals surface area contributed by atoms with Crippen molar-refractivity contribution in [2.75, 3.05) is 7.11 Å². The summed E-state index contributed by atoms with van der Waals surface area (Å²) in [6.45, 7) is 2.24. The van der Waals surface area contributed by atoms with Gasteiger partial charge in [0.1, 0.15) is 17.7 Å². The van der Waals surface area contributed by atoms with Crippen LogP contribution >= 0.6 is 0 Å². The molecule has 140 valence electrons. The summed E-state index contributed by atoms with van der Waals surface area (Å²) in [5.41, 5.74) is 13.6. The number of hydrogen-bond acceptors (Lipinski definition) is 4. The van der Waals surface area contributed by atoms with Gasteiger partial charge in [-0.15, -0.1) is 0 Å². The molecule has 4 heteroatoms. The van der Waals surface area contributed by atoms with E-state index in [1.165, 1.54) is 22.3 Å². The van der Waals surface area contributed by atoms with E-state index in [1.807, 2.05) is 18.2 Å². The second-order valence-corrected chi connectivity index (χ2v) is 7.23. The van der Waals surface area contributed by atoms with E-state index in [0.717, 1.165) is 42.8 Å². The number of aryl methyl sites for hydroxylation is 1. The fraction of sp³-hybridized carbons (Fsp3) is 0.348. The number of nitrogens with zero attached hydrogens (tertiary/aromatic N) is 1. The fourth-order valence-electron chi connectivity index (χ4n) is 4.10. The molecule has 1 aromatic carbocycles. The van der Waals surface area contributed by atoms with Gasteiger partial charge < -0.3 is 14.9 Å². The number of aromatic nitrogens is 1. The monoisotopic (exact) mass is 362 g/mol. The van der Waals surface area contributed by atoms with Crippen molar-refractivity contribution in [2.45, 2.75) is 44.6 Å². The quantitative estimate of drug-likeness (QED) is 0.668. The standard InChI is InChI=1S/C23H26N2O2/c1-3-16-8-9-18(23-22(16)19-11-12-27-14-21(19)25-23)20(24)10-7-15-5-4-6-17(13-15)26-2/h4-6,9,11-14,16,20H,3,7-8,10,24H2,1-2H3. The molecule has 0 fully saturated rings. The van der Waals surface area contributed by atoms with Gasteiger partial charge in [-0.25, -0.2) is 4.98 Å². The lowest BCUT2D eigenvalue weighted by molar-refractivity contribution is 0.414. The Morgan fingerprint density at radius 3 is 3.04 bits per heavy atom. The SMILES string of the molecule is CCC1CC=C(C(N)CCc2cccc(OC)c2)c2nc3coccc-3c21. The molecular formula is C23H26N2O2. The number of methoxy groups -OCH3 is 1. The molecule has 1 aliphatic carbocycles. The van der Waals surface area contributed by atoms with E-state index in [9.17, 15) is 0 Å². The normalized spacial score (nSPS) is 17.4. The maximum atomic E-state index is 6.63. The molecule has 0 bridgehead atoms. The molecule has 0 saturated carbocycles. The molecule has 0 spiro atoms. The summed E-state index contributed by atoms with van der Waals surface area (Å²) in [7, 11) is 1.70. The zero-order chi connectivity index (χ0) is 18.8. The van der Waals surface area contributed by atoms with E-state index in [1.54, 1.807) is 19.6 Å². The van der Waals surface area contributed by atoms with Crippen LogP contribution in [0.5, 0.6) is 5.75 Å². The summed E-state index contributed by atoms with van der Waals surface area (Å²) >= 11 is 0. The Bertz CT molecular complexity index is 928.